The van der Waals surface area contributed by atoms with Crippen LogP contribution in [0, 0.1) is 0 Å². The summed E-state index contributed by atoms with van der Waals surface area (Å²) in [6, 6.07) is 10.8. The molecule has 0 radical (unpaired) electrons. The summed E-state index contributed by atoms with van der Waals surface area (Å²) in [7, 11) is 0. The fraction of sp³-hybridized carbons (Fsp3) is 0.381. The molecule has 4 rings (SSSR count). The molecule has 1 heterocycles. The summed E-state index contributed by atoms with van der Waals surface area (Å²) in [5.74, 6) is -0.296. The first kappa shape index (κ1) is 16.2. The molecular formula is C21H25N3O. The summed E-state index contributed by atoms with van der Waals surface area (Å²) in [5.41, 5.74) is 14.0. The molecule has 3 N–H and O–H groups in total. The maximum Gasteiger partial charge on any atom is 0.251 e. The molecule has 4 heteroatoms. The van der Waals surface area contributed by atoms with Gasteiger partial charge in [-0.3, -0.25) is 4.79 Å². The van der Waals surface area contributed by atoms with E-state index in [1.807, 2.05) is 0 Å². The first-order valence-electron chi connectivity index (χ1n) is 9.23. The number of piperazine rings is 1. The van der Waals surface area contributed by atoms with Crippen LogP contribution in [0.3, 0.4) is 0 Å². The van der Waals surface area contributed by atoms with Crippen LogP contribution in [0.2, 0.25) is 0 Å². The molecule has 4 nitrogen and oxygen atoms in total. The highest BCUT2D eigenvalue weighted by molar-refractivity contribution is 6.03. The molecule has 1 saturated heterocycles. The molecule has 1 aliphatic heterocycles. The average molecular weight is 335 g/mol. The lowest BCUT2D eigenvalue weighted by Gasteiger charge is -2.33. The van der Waals surface area contributed by atoms with Gasteiger partial charge in [0.2, 0.25) is 0 Å². The number of rotatable bonds is 4. The molecular weight excluding hydrogens is 310 g/mol. The molecule has 0 atom stereocenters. The number of anilines is 1. The van der Waals surface area contributed by atoms with Crippen molar-refractivity contribution in [2.45, 2.75) is 26.2 Å². The van der Waals surface area contributed by atoms with Crippen molar-refractivity contribution >= 4 is 11.6 Å². The Hall–Kier alpha value is -2.33. The van der Waals surface area contributed by atoms with E-state index in [1.54, 1.807) is 0 Å². The molecule has 25 heavy (non-hydrogen) atoms. The minimum atomic E-state index is -0.296. The maximum absolute atomic E-state index is 12.4. The monoisotopic (exact) mass is 335 g/mol. The molecule has 0 aromatic heterocycles. The SMILES string of the molecule is CCCc1cc2c(c(N3CCNCC3)c1C(N)=O)Cc1ccccc1-2. The van der Waals surface area contributed by atoms with Crippen molar-refractivity contribution in [2.24, 2.45) is 5.73 Å². The van der Waals surface area contributed by atoms with Crippen LogP contribution in [-0.4, -0.2) is 32.1 Å². The summed E-state index contributed by atoms with van der Waals surface area (Å²) in [6.07, 6.45) is 2.77. The number of primary amides is 1. The predicted molar refractivity (Wildman–Crippen MR) is 102 cm³/mol. The zero-order valence-electron chi connectivity index (χ0n) is 14.8. The Labute approximate surface area is 149 Å². The van der Waals surface area contributed by atoms with E-state index in [-0.39, 0.29) is 5.91 Å². The van der Waals surface area contributed by atoms with Gasteiger partial charge < -0.3 is 16.0 Å². The highest BCUT2D eigenvalue weighted by Crippen LogP contribution is 2.44. The van der Waals surface area contributed by atoms with Crippen molar-refractivity contribution in [2.75, 3.05) is 31.1 Å². The number of fused-ring (bicyclic) bond motifs is 3. The number of nitrogens with one attached hydrogen (secondary N) is 1. The van der Waals surface area contributed by atoms with Crippen LogP contribution in [-0.2, 0) is 12.8 Å². The third-order valence-corrected chi connectivity index (χ3v) is 5.36. The number of amides is 1. The zero-order valence-corrected chi connectivity index (χ0v) is 14.8. The lowest BCUT2D eigenvalue weighted by atomic mass is 9.91. The summed E-state index contributed by atoms with van der Waals surface area (Å²) in [4.78, 5) is 14.8. The number of hydrogen-bond donors (Lipinski definition) is 2. The second-order valence-electron chi connectivity index (χ2n) is 6.97. The summed E-state index contributed by atoms with van der Waals surface area (Å²) in [6.45, 7) is 5.86. The van der Waals surface area contributed by atoms with E-state index in [0.717, 1.165) is 62.3 Å². The van der Waals surface area contributed by atoms with Crippen LogP contribution in [0.25, 0.3) is 11.1 Å². The third-order valence-electron chi connectivity index (χ3n) is 5.36. The van der Waals surface area contributed by atoms with Gasteiger partial charge >= 0.3 is 0 Å². The highest BCUT2D eigenvalue weighted by atomic mass is 16.1. The van der Waals surface area contributed by atoms with Crippen molar-refractivity contribution in [3.05, 3.63) is 52.6 Å². The van der Waals surface area contributed by atoms with Gasteiger partial charge in [0, 0.05) is 32.6 Å². The second-order valence-corrected chi connectivity index (χ2v) is 6.97. The number of benzene rings is 2. The largest absolute Gasteiger partial charge is 0.368 e. The molecule has 1 fully saturated rings. The van der Waals surface area contributed by atoms with Crippen molar-refractivity contribution < 1.29 is 4.79 Å². The molecule has 0 unspecified atom stereocenters. The van der Waals surface area contributed by atoms with Crippen LogP contribution in [0.15, 0.2) is 30.3 Å². The Bertz CT molecular complexity index is 822. The Morgan fingerprint density at radius 3 is 2.68 bits per heavy atom. The molecule has 0 bridgehead atoms. The van der Waals surface area contributed by atoms with Crippen molar-refractivity contribution in [1.82, 2.24) is 5.32 Å². The van der Waals surface area contributed by atoms with Crippen LogP contribution >= 0.6 is 0 Å². The third kappa shape index (κ3) is 2.71. The molecule has 2 aromatic rings. The van der Waals surface area contributed by atoms with Crippen LogP contribution in [0.1, 0.15) is 40.4 Å². The standard InChI is InChI=1S/C21H25N3O/c1-2-5-15-13-17-16-7-4-3-6-14(16)12-18(17)20(19(15)21(22)25)24-10-8-23-9-11-24/h3-4,6-7,13,23H,2,5,8-12H2,1H3,(H2,22,25). The molecule has 1 aliphatic carbocycles. The number of nitrogens with two attached hydrogens (primary N) is 1. The van der Waals surface area contributed by atoms with Gasteiger partial charge in [0.1, 0.15) is 0 Å². The van der Waals surface area contributed by atoms with Crippen LogP contribution < -0.4 is 16.0 Å². The minimum Gasteiger partial charge on any atom is -0.368 e. The van der Waals surface area contributed by atoms with Gasteiger partial charge in [-0.25, -0.2) is 0 Å². The molecule has 0 spiro atoms. The number of carbonyl (C=O) groups excluding carboxylic acids is 1. The molecule has 1 amide bonds. The minimum absolute atomic E-state index is 0.296. The summed E-state index contributed by atoms with van der Waals surface area (Å²) >= 11 is 0. The molecule has 2 aliphatic rings. The van der Waals surface area contributed by atoms with E-state index >= 15 is 0 Å². The summed E-state index contributed by atoms with van der Waals surface area (Å²) in [5, 5.41) is 3.40. The van der Waals surface area contributed by atoms with Gasteiger partial charge in [0.15, 0.2) is 0 Å². The van der Waals surface area contributed by atoms with E-state index < -0.39 is 0 Å². The van der Waals surface area contributed by atoms with Gasteiger partial charge in [0.05, 0.1) is 11.3 Å². The van der Waals surface area contributed by atoms with Gasteiger partial charge in [-0.05, 0) is 40.3 Å². The smallest absolute Gasteiger partial charge is 0.251 e. The zero-order chi connectivity index (χ0) is 17.4. The normalized spacial score (nSPS) is 15.8. The first-order valence-corrected chi connectivity index (χ1v) is 9.23. The van der Waals surface area contributed by atoms with E-state index in [1.165, 1.54) is 22.3 Å². The fourth-order valence-electron chi connectivity index (χ4n) is 4.29. The maximum atomic E-state index is 12.4. The Morgan fingerprint density at radius 1 is 1.20 bits per heavy atom. The van der Waals surface area contributed by atoms with Crippen molar-refractivity contribution in [1.29, 1.82) is 0 Å². The average Bonchev–Trinajstić information content (AvgIpc) is 3.00. The number of carbonyl (C=O) groups is 1. The Kier molecular flexibility index (Phi) is 4.22. The number of nitrogens with zero attached hydrogens (tertiary/aromatic N) is 1. The lowest BCUT2D eigenvalue weighted by Crippen LogP contribution is -2.44. The van der Waals surface area contributed by atoms with E-state index in [0.29, 0.717) is 0 Å². The van der Waals surface area contributed by atoms with Gasteiger partial charge in [-0.15, -0.1) is 0 Å². The molecule has 130 valence electrons. The highest BCUT2D eigenvalue weighted by Gasteiger charge is 2.30. The molecule has 0 saturated carbocycles. The summed E-state index contributed by atoms with van der Waals surface area (Å²) < 4.78 is 0. The van der Waals surface area contributed by atoms with E-state index in [4.69, 9.17) is 5.73 Å². The van der Waals surface area contributed by atoms with E-state index in [2.05, 4.69) is 47.5 Å². The lowest BCUT2D eigenvalue weighted by molar-refractivity contribution is 0.0999. The first-order chi connectivity index (χ1) is 12.2. The van der Waals surface area contributed by atoms with Gasteiger partial charge in [0.25, 0.3) is 5.91 Å². The fourth-order valence-corrected chi connectivity index (χ4v) is 4.29. The number of aryl methyl sites for hydroxylation is 1. The molecule has 2 aromatic carbocycles. The van der Waals surface area contributed by atoms with Gasteiger partial charge in [-0.1, -0.05) is 37.6 Å². The van der Waals surface area contributed by atoms with Gasteiger partial charge in [-0.2, -0.15) is 0 Å². The number of hydrogen-bond acceptors (Lipinski definition) is 3. The predicted octanol–water partition coefficient (Wildman–Crippen LogP) is 2.72. The quantitative estimate of drug-likeness (QED) is 0.771. The van der Waals surface area contributed by atoms with Crippen LogP contribution in [0.5, 0.6) is 0 Å². The topological polar surface area (TPSA) is 58.4 Å². The van der Waals surface area contributed by atoms with Crippen molar-refractivity contribution in [3.8, 4) is 11.1 Å². The van der Waals surface area contributed by atoms with E-state index in [9.17, 15) is 4.79 Å². The Balaban J connectivity index is 1.96. The Morgan fingerprint density at radius 2 is 1.96 bits per heavy atom. The second kappa shape index (κ2) is 6.52. The van der Waals surface area contributed by atoms with Crippen molar-refractivity contribution in [3.63, 3.8) is 0 Å². The van der Waals surface area contributed by atoms with Crippen LogP contribution in [0.4, 0.5) is 5.69 Å².